The molecule has 2 heterocycles. The van der Waals surface area contributed by atoms with Crippen molar-refractivity contribution in [2.75, 3.05) is 29.9 Å². The number of aliphatic hydroxyl groups excluding tert-OH is 1. The SMILES string of the molecule is CCNc1ncnc(N2CCC(O)C(C)C2)c1Br. The molecule has 1 fully saturated rings. The smallest absolute Gasteiger partial charge is 0.148 e. The van der Waals surface area contributed by atoms with E-state index in [0.717, 1.165) is 42.2 Å². The molecule has 2 rings (SSSR count). The van der Waals surface area contributed by atoms with Gasteiger partial charge in [0.05, 0.1) is 6.10 Å². The van der Waals surface area contributed by atoms with E-state index in [1.165, 1.54) is 0 Å². The number of hydrogen-bond donors (Lipinski definition) is 2. The average molecular weight is 315 g/mol. The predicted molar refractivity (Wildman–Crippen MR) is 75.9 cm³/mol. The predicted octanol–water partition coefficient (Wildman–Crippen LogP) is 1.88. The number of piperidine rings is 1. The lowest BCUT2D eigenvalue weighted by atomic mass is 9.97. The van der Waals surface area contributed by atoms with Crippen LogP contribution in [-0.4, -0.2) is 40.8 Å². The maximum absolute atomic E-state index is 9.77. The van der Waals surface area contributed by atoms with Gasteiger partial charge in [-0.05, 0) is 35.2 Å². The summed E-state index contributed by atoms with van der Waals surface area (Å²) in [6.07, 6.45) is 2.16. The Bertz CT molecular complexity index is 415. The molecule has 5 nitrogen and oxygen atoms in total. The first kappa shape index (κ1) is 13.5. The van der Waals surface area contributed by atoms with Gasteiger partial charge >= 0.3 is 0 Å². The van der Waals surface area contributed by atoms with Gasteiger partial charge in [-0.15, -0.1) is 0 Å². The molecule has 1 aromatic rings. The van der Waals surface area contributed by atoms with Crippen LogP contribution in [0.4, 0.5) is 11.6 Å². The third-order valence-electron chi connectivity index (χ3n) is 3.27. The van der Waals surface area contributed by atoms with Crippen LogP contribution >= 0.6 is 15.9 Å². The first-order valence-corrected chi connectivity index (χ1v) is 7.10. The van der Waals surface area contributed by atoms with Gasteiger partial charge in [0.25, 0.3) is 0 Å². The highest BCUT2D eigenvalue weighted by Crippen LogP contribution is 2.31. The number of aromatic nitrogens is 2. The molecule has 1 saturated heterocycles. The van der Waals surface area contributed by atoms with Crippen molar-refractivity contribution in [3.63, 3.8) is 0 Å². The Morgan fingerprint density at radius 3 is 3.00 bits per heavy atom. The van der Waals surface area contributed by atoms with Crippen molar-refractivity contribution in [3.8, 4) is 0 Å². The topological polar surface area (TPSA) is 61.3 Å². The van der Waals surface area contributed by atoms with Crippen molar-refractivity contribution >= 4 is 27.6 Å². The molecule has 0 radical (unpaired) electrons. The second-order valence-corrected chi connectivity index (χ2v) is 5.46. The van der Waals surface area contributed by atoms with E-state index in [-0.39, 0.29) is 12.0 Å². The van der Waals surface area contributed by atoms with E-state index < -0.39 is 0 Å². The van der Waals surface area contributed by atoms with E-state index in [9.17, 15) is 5.11 Å². The van der Waals surface area contributed by atoms with Crippen LogP contribution in [0.1, 0.15) is 20.3 Å². The normalized spacial score (nSPS) is 24.1. The molecule has 2 unspecified atom stereocenters. The second kappa shape index (κ2) is 5.84. The fourth-order valence-electron chi connectivity index (χ4n) is 2.20. The summed E-state index contributed by atoms with van der Waals surface area (Å²) >= 11 is 3.56. The van der Waals surface area contributed by atoms with Gasteiger partial charge in [-0.25, -0.2) is 9.97 Å². The van der Waals surface area contributed by atoms with Gasteiger partial charge in [0.2, 0.25) is 0 Å². The van der Waals surface area contributed by atoms with Crippen molar-refractivity contribution < 1.29 is 5.11 Å². The summed E-state index contributed by atoms with van der Waals surface area (Å²) < 4.78 is 0.899. The molecule has 0 amide bonds. The Morgan fingerprint density at radius 2 is 2.33 bits per heavy atom. The van der Waals surface area contributed by atoms with Crippen LogP contribution in [0.25, 0.3) is 0 Å². The highest BCUT2D eigenvalue weighted by Gasteiger charge is 2.26. The number of nitrogens with one attached hydrogen (secondary N) is 1. The van der Waals surface area contributed by atoms with Gasteiger partial charge in [-0.2, -0.15) is 0 Å². The van der Waals surface area contributed by atoms with Crippen molar-refractivity contribution in [2.45, 2.75) is 26.4 Å². The first-order valence-electron chi connectivity index (χ1n) is 6.30. The fraction of sp³-hybridized carbons (Fsp3) is 0.667. The Morgan fingerprint density at radius 1 is 1.56 bits per heavy atom. The van der Waals surface area contributed by atoms with E-state index in [2.05, 4.69) is 43.0 Å². The van der Waals surface area contributed by atoms with Crippen molar-refractivity contribution in [2.24, 2.45) is 5.92 Å². The molecule has 2 atom stereocenters. The largest absolute Gasteiger partial charge is 0.393 e. The summed E-state index contributed by atoms with van der Waals surface area (Å²) in [6.45, 7) is 6.57. The zero-order chi connectivity index (χ0) is 13.1. The Labute approximate surface area is 116 Å². The summed E-state index contributed by atoms with van der Waals surface area (Å²) in [5.41, 5.74) is 0. The number of halogens is 1. The number of anilines is 2. The van der Waals surface area contributed by atoms with Crippen LogP contribution in [0, 0.1) is 5.92 Å². The summed E-state index contributed by atoms with van der Waals surface area (Å²) in [7, 11) is 0. The van der Waals surface area contributed by atoms with E-state index in [1.807, 2.05) is 6.92 Å². The second-order valence-electron chi connectivity index (χ2n) is 4.67. The number of rotatable bonds is 3. The fourth-order valence-corrected chi connectivity index (χ4v) is 2.79. The van der Waals surface area contributed by atoms with Crippen LogP contribution in [0.5, 0.6) is 0 Å². The molecule has 1 aliphatic rings. The minimum atomic E-state index is -0.199. The minimum absolute atomic E-state index is 0.199. The van der Waals surface area contributed by atoms with Gasteiger partial charge < -0.3 is 15.3 Å². The molecule has 2 N–H and O–H groups in total. The minimum Gasteiger partial charge on any atom is -0.393 e. The summed E-state index contributed by atoms with van der Waals surface area (Å²) in [4.78, 5) is 10.8. The van der Waals surface area contributed by atoms with Gasteiger partial charge in [0, 0.05) is 19.6 Å². The molecule has 1 aliphatic heterocycles. The van der Waals surface area contributed by atoms with Gasteiger partial charge in [0.1, 0.15) is 22.4 Å². The lowest BCUT2D eigenvalue weighted by Crippen LogP contribution is -2.42. The molecule has 0 spiro atoms. The molecule has 0 saturated carbocycles. The van der Waals surface area contributed by atoms with Gasteiger partial charge in [-0.3, -0.25) is 0 Å². The molecule has 0 aliphatic carbocycles. The molecular weight excluding hydrogens is 296 g/mol. The van der Waals surface area contributed by atoms with Crippen LogP contribution in [0.3, 0.4) is 0 Å². The van der Waals surface area contributed by atoms with Crippen LogP contribution in [-0.2, 0) is 0 Å². The average Bonchev–Trinajstić information content (AvgIpc) is 2.36. The molecule has 6 heteroatoms. The quantitative estimate of drug-likeness (QED) is 0.892. The molecule has 100 valence electrons. The zero-order valence-electron chi connectivity index (χ0n) is 10.7. The van der Waals surface area contributed by atoms with Crippen LogP contribution in [0.2, 0.25) is 0 Å². The summed E-state index contributed by atoms with van der Waals surface area (Å²) in [5, 5.41) is 13.0. The third kappa shape index (κ3) is 2.75. The van der Waals surface area contributed by atoms with Crippen molar-refractivity contribution in [1.82, 2.24) is 9.97 Å². The monoisotopic (exact) mass is 314 g/mol. The number of aliphatic hydroxyl groups is 1. The van der Waals surface area contributed by atoms with Gasteiger partial charge in [-0.1, -0.05) is 6.92 Å². The van der Waals surface area contributed by atoms with Gasteiger partial charge in [0.15, 0.2) is 0 Å². The number of nitrogens with zero attached hydrogens (tertiary/aromatic N) is 3. The highest BCUT2D eigenvalue weighted by atomic mass is 79.9. The van der Waals surface area contributed by atoms with Crippen molar-refractivity contribution in [3.05, 3.63) is 10.8 Å². The Hall–Kier alpha value is -0.880. The molecule has 18 heavy (non-hydrogen) atoms. The van der Waals surface area contributed by atoms with E-state index in [1.54, 1.807) is 6.33 Å². The van der Waals surface area contributed by atoms with E-state index >= 15 is 0 Å². The summed E-state index contributed by atoms with van der Waals surface area (Å²) in [6, 6.07) is 0. The maximum Gasteiger partial charge on any atom is 0.148 e. The van der Waals surface area contributed by atoms with E-state index in [4.69, 9.17) is 0 Å². The highest BCUT2D eigenvalue weighted by molar-refractivity contribution is 9.10. The molecule has 0 aromatic carbocycles. The third-order valence-corrected chi connectivity index (χ3v) is 4.01. The van der Waals surface area contributed by atoms with E-state index in [0.29, 0.717) is 0 Å². The lowest BCUT2D eigenvalue weighted by Gasteiger charge is -2.35. The summed E-state index contributed by atoms with van der Waals surface area (Å²) in [5.74, 6) is 1.99. The standard InChI is InChI=1S/C12H19BrN4O/c1-3-14-11-10(13)12(16-7-15-11)17-5-4-9(18)8(2)6-17/h7-9,18H,3-6H2,1-2H3,(H,14,15,16). The maximum atomic E-state index is 9.77. The molecule has 0 bridgehead atoms. The zero-order valence-corrected chi connectivity index (χ0v) is 12.3. The van der Waals surface area contributed by atoms with Crippen LogP contribution in [0.15, 0.2) is 10.8 Å². The molecular formula is C12H19BrN4O. The molecule has 1 aromatic heterocycles. The Balaban J connectivity index is 2.20. The first-order chi connectivity index (χ1) is 8.63. The lowest BCUT2D eigenvalue weighted by molar-refractivity contribution is 0.0968. The van der Waals surface area contributed by atoms with Crippen LogP contribution < -0.4 is 10.2 Å². The Kier molecular flexibility index (Phi) is 4.40. The van der Waals surface area contributed by atoms with Crippen molar-refractivity contribution in [1.29, 1.82) is 0 Å². The number of hydrogen-bond acceptors (Lipinski definition) is 5.